The van der Waals surface area contributed by atoms with Gasteiger partial charge < -0.3 is 5.11 Å². The van der Waals surface area contributed by atoms with E-state index in [-0.39, 0.29) is 0 Å². The van der Waals surface area contributed by atoms with E-state index in [9.17, 15) is 4.79 Å². The van der Waals surface area contributed by atoms with Gasteiger partial charge in [-0.15, -0.1) is 11.3 Å². The van der Waals surface area contributed by atoms with Crippen molar-refractivity contribution >= 4 is 28.3 Å². The molecule has 0 radical (unpaired) electrons. The van der Waals surface area contributed by atoms with Crippen LogP contribution >= 0.6 is 11.3 Å². The van der Waals surface area contributed by atoms with Crippen molar-refractivity contribution in [1.82, 2.24) is 9.55 Å². The lowest BCUT2D eigenvalue weighted by atomic mass is 10.3. The Morgan fingerprint density at radius 1 is 1.29 bits per heavy atom. The van der Waals surface area contributed by atoms with E-state index in [4.69, 9.17) is 5.11 Å². The van der Waals surface area contributed by atoms with Crippen LogP contribution in [0.4, 0.5) is 0 Å². The second-order valence-electron chi connectivity index (χ2n) is 3.54. The first-order valence-corrected chi connectivity index (χ1v) is 5.88. The van der Waals surface area contributed by atoms with Crippen molar-refractivity contribution in [3.63, 3.8) is 0 Å². The summed E-state index contributed by atoms with van der Waals surface area (Å²) in [4.78, 5) is 15.7. The van der Waals surface area contributed by atoms with E-state index in [0.717, 1.165) is 11.0 Å². The highest BCUT2D eigenvalue weighted by Crippen LogP contribution is 2.24. The van der Waals surface area contributed by atoms with Crippen LogP contribution in [0.2, 0.25) is 0 Å². The van der Waals surface area contributed by atoms with Crippen molar-refractivity contribution in [3.05, 3.63) is 46.9 Å². The van der Waals surface area contributed by atoms with Crippen LogP contribution in [-0.4, -0.2) is 20.6 Å². The van der Waals surface area contributed by atoms with Gasteiger partial charge in [0.25, 0.3) is 0 Å². The average molecular weight is 244 g/mol. The molecule has 0 atom stereocenters. The summed E-state index contributed by atoms with van der Waals surface area (Å²) in [6.45, 7) is 0. The fraction of sp³-hybridized carbons (Fsp3) is 0. The van der Waals surface area contributed by atoms with Crippen LogP contribution in [-0.2, 0) is 0 Å². The molecule has 3 aromatic rings. The van der Waals surface area contributed by atoms with Crippen molar-refractivity contribution in [3.8, 4) is 5.69 Å². The fourth-order valence-corrected chi connectivity index (χ4v) is 2.52. The van der Waals surface area contributed by atoms with Gasteiger partial charge in [-0.1, -0.05) is 12.1 Å². The van der Waals surface area contributed by atoms with E-state index in [1.807, 2.05) is 24.3 Å². The van der Waals surface area contributed by atoms with Crippen molar-refractivity contribution < 1.29 is 9.90 Å². The minimum atomic E-state index is -0.909. The smallest absolute Gasteiger partial charge is 0.348 e. The Bertz CT molecular complexity index is 699. The number of rotatable bonds is 2. The molecule has 5 heteroatoms. The third-order valence-corrected chi connectivity index (χ3v) is 3.44. The second-order valence-corrected chi connectivity index (χ2v) is 4.46. The van der Waals surface area contributed by atoms with Gasteiger partial charge in [-0.3, -0.25) is 4.57 Å². The second kappa shape index (κ2) is 3.71. The summed E-state index contributed by atoms with van der Waals surface area (Å²) in [5.41, 5.74) is 2.43. The first kappa shape index (κ1) is 10.0. The number of aromatic carboxylic acids is 1. The lowest BCUT2D eigenvalue weighted by Crippen LogP contribution is -2.00. The van der Waals surface area contributed by atoms with E-state index in [2.05, 4.69) is 4.98 Å². The Morgan fingerprint density at radius 3 is 2.94 bits per heavy atom. The Morgan fingerprint density at radius 2 is 2.12 bits per heavy atom. The molecule has 2 heterocycles. The van der Waals surface area contributed by atoms with Gasteiger partial charge in [0.05, 0.1) is 16.7 Å². The summed E-state index contributed by atoms with van der Waals surface area (Å²) in [7, 11) is 0. The Balaban J connectivity index is 2.28. The SMILES string of the molecule is O=C(O)c1sccc1-n1cnc2ccccc21. The van der Waals surface area contributed by atoms with E-state index in [1.165, 1.54) is 11.3 Å². The molecule has 3 rings (SSSR count). The number of carbonyl (C=O) groups is 1. The van der Waals surface area contributed by atoms with Gasteiger partial charge >= 0.3 is 5.97 Å². The highest BCUT2D eigenvalue weighted by atomic mass is 32.1. The molecule has 84 valence electrons. The Labute approximate surface area is 101 Å². The zero-order valence-electron chi connectivity index (χ0n) is 8.70. The highest BCUT2D eigenvalue weighted by molar-refractivity contribution is 7.12. The van der Waals surface area contributed by atoms with Crippen molar-refractivity contribution in [1.29, 1.82) is 0 Å². The molecule has 0 bridgehead atoms. The molecule has 0 aliphatic carbocycles. The molecule has 17 heavy (non-hydrogen) atoms. The number of thiophene rings is 1. The molecule has 0 fully saturated rings. The van der Waals surface area contributed by atoms with Crippen molar-refractivity contribution in [2.45, 2.75) is 0 Å². The molecule has 0 amide bonds. The van der Waals surface area contributed by atoms with Gasteiger partial charge in [0, 0.05) is 0 Å². The largest absolute Gasteiger partial charge is 0.477 e. The highest BCUT2D eigenvalue weighted by Gasteiger charge is 2.14. The summed E-state index contributed by atoms with van der Waals surface area (Å²) in [5.74, 6) is -0.909. The monoisotopic (exact) mass is 244 g/mol. The number of para-hydroxylation sites is 2. The lowest BCUT2D eigenvalue weighted by Gasteiger charge is -2.02. The summed E-state index contributed by atoms with van der Waals surface area (Å²) < 4.78 is 1.80. The number of nitrogens with zero attached hydrogens (tertiary/aromatic N) is 2. The number of carboxylic acid groups (broad SMARTS) is 1. The first-order valence-electron chi connectivity index (χ1n) is 5.00. The van der Waals surface area contributed by atoms with Crippen molar-refractivity contribution in [2.24, 2.45) is 0 Å². The van der Waals surface area contributed by atoms with Crippen LogP contribution in [0.3, 0.4) is 0 Å². The minimum absolute atomic E-state index is 0.327. The zero-order valence-corrected chi connectivity index (χ0v) is 9.52. The fourth-order valence-electron chi connectivity index (χ4n) is 1.80. The number of hydrogen-bond acceptors (Lipinski definition) is 3. The molecule has 0 aliphatic heterocycles. The zero-order chi connectivity index (χ0) is 11.8. The van der Waals surface area contributed by atoms with Gasteiger partial charge in [0.15, 0.2) is 0 Å². The Kier molecular flexibility index (Phi) is 2.19. The van der Waals surface area contributed by atoms with Crippen LogP contribution in [0.1, 0.15) is 9.67 Å². The van der Waals surface area contributed by atoms with Gasteiger partial charge in [-0.2, -0.15) is 0 Å². The Hall–Kier alpha value is -2.14. The van der Waals surface area contributed by atoms with Crippen LogP contribution in [0.25, 0.3) is 16.7 Å². The lowest BCUT2D eigenvalue weighted by molar-refractivity contribution is 0.0702. The number of fused-ring (bicyclic) bond motifs is 1. The first-order chi connectivity index (χ1) is 8.27. The predicted molar refractivity (Wildman–Crippen MR) is 65.9 cm³/mol. The quantitative estimate of drug-likeness (QED) is 0.754. The normalized spacial score (nSPS) is 10.8. The van der Waals surface area contributed by atoms with Gasteiger partial charge in [-0.25, -0.2) is 9.78 Å². The van der Waals surface area contributed by atoms with Crippen molar-refractivity contribution in [2.75, 3.05) is 0 Å². The molecule has 0 aliphatic rings. The molecule has 0 saturated carbocycles. The van der Waals surface area contributed by atoms with Gasteiger partial charge in [-0.05, 0) is 23.6 Å². The summed E-state index contributed by atoms with van der Waals surface area (Å²) in [5, 5.41) is 10.9. The standard InChI is InChI=1S/C12H8N2O2S/c15-12(16)11-10(5-6-17-11)14-7-13-8-3-1-2-4-9(8)14/h1-7H,(H,15,16). The van der Waals surface area contributed by atoms with Gasteiger partial charge in [0.1, 0.15) is 11.2 Å². The summed E-state index contributed by atoms with van der Waals surface area (Å²) >= 11 is 1.22. The predicted octanol–water partition coefficient (Wildman–Crippen LogP) is 2.79. The number of benzene rings is 1. The maximum atomic E-state index is 11.1. The van der Waals surface area contributed by atoms with Crippen LogP contribution in [0.15, 0.2) is 42.0 Å². The van der Waals surface area contributed by atoms with Crippen LogP contribution in [0.5, 0.6) is 0 Å². The molecular formula is C12H8N2O2S. The van der Waals surface area contributed by atoms with Crippen LogP contribution < -0.4 is 0 Å². The topological polar surface area (TPSA) is 55.1 Å². The van der Waals surface area contributed by atoms with E-state index < -0.39 is 5.97 Å². The third kappa shape index (κ3) is 1.52. The summed E-state index contributed by atoms with van der Waals surface area (Å²) in [6.07, 6.45) is 1.65. The molecule has 1 aromatic carbocycles. The maximum absolute atomic E-state index is 11.1. The molecule has 2 aromatic heterocycles. The third-order valence-electron chi connectivity index (χ3n) is 2.55. The molecule has 0 spiro atoms. The number of imidazole rings is 1. The number of carboxylic acids is 1. The number of hydrogen-bond donors (Lipinski definition) is 1. The summed E-state index contributed by atoms with van der Waals surface area (Å²) in [6, 6.07) is 9.44. The molecular weight excluding hydrogens is 236 g/mol. The van der Waals surface area contributed by atoms with E-state index >= 15 is 0 Å². The molecule has 0 unspecified atom stereocenters. The molecule has 4 nitrogen and oxygen atoms in total. The number of aromatic nitrogens is 2. The van der Waals surface area contributed by atoms with Gasteiger partial charge in [0.2, 0.25) is 0 Å². The average Bonchev–Trinajstić information content (AvgIpc) is 2.94. The van der Waals surface area contributed by atoms with Crippen LogP contribution in [0, 0.1) is 0 Å². The van der Waals surface area contributed by atoms with E-state index in [0.29, 0.717) is 10.6 Å². The maximum Gasteiger partial charge on any atom is 0.348 e. The minimum Gasteiger partial charge on any atom is -0.477 e. The van der Waals surface area contributed by atoms with E-state index in [1.54, 1.807) is 22.3 Å². The molecule has 0 saturated heterocycles. The molecule has 1 N–H and O–H groups in total.